The number of anilines is 1. The minimum absolute atomic E-state index is 0.0582. The first-order valence-electron chi connectivity index (χ1n) is 10.8. The highest BCUT2D eigenvalue weighted by Crippen LogP contribution is 2.34. The molecule has 2 aromatic carbocycles. The largest absolute Gasteiger partial charge is 0.497 e. The Bertz CT molecular complexity index is 995. The van der Waals surface area contributed by atoms with Crippen LogP contribution in [-0.2, 0) is 11.3 Å². The number of ether oxygens (including phenoxy) is 3. The zero-order chi connectivity index (χ0) is 22.6. The highest BCUT2D eigenvalue weighted by atomic mass is 16.6. The monoisotopic (exact) mass is 439 g/mol. The predicted octanol–water partition coefficient (Wildman–Crippen LogP) is 3.42. The van der Waals surface area contributed by atoms with Crippen LogP contribution >= 0.6 is 0 Å². The third-order valence-electron chi connectivity index (χ3n) is 5.91. The van der Waals surface area contributed by atoms with Gasteiger partial charge in [0.05, 0.1) is 12.5 Å². The Kier molecular flexibility index (Phi) is 6.39. The lowest BCUT2D eigenvalue weighted by molar-refractivity contribution is -0.132. The number of amides is 3. The Balaban J connectivity index is 1.35. The van der Waals surface area contributed by atoms with Crippen molar-refractivity contribution in [3.63, 3.8) is 0 Å². The lowest BCUT2D eigenvalue weighted by atomic mass is 9.81. The molecule has 170 valence electrons. The van der Waals surface area contributed by atoms with Crippen LogP contribution in [0.25, 0.3) is 0 Å². The summed E-state index contributed by atoms with van der Waals surface area (Å²) in [4.78, 5) is 27.6. The summed E-state index contributed by atoms with van der Waals surface area (Å²) in [6, 6.07) is 12.7. The van der Waals surface area contributed by atoms with Gasteiger partial charge in [-0.15, -0.1) is 0 Å². The molecule has 2 heterocycles. The molecule has 0 saturated carbocycles. The maximum absolute atomic E-state index is 13.0. The molecule has 0 aliphatic carbocycles. The van der Waals surface area contributed by atoms with E-state index < -0.39 is 5.41 Å². The van der Waals surface area contributed by atoms with Crippen molar-refractivity contribution in [3.05, 3.63) is 48.0 Å². The van der Waals surface area contributed by atoms with Crippen molar-refractivity contribution in [2.24, 2.45) is 5.41 Å². The van der Waals surface area contributed by atoms with E-state index >= 15 is 0 Å². The highest BCUT2D eigenvalue weighted by molar-refractivity contribution is 5.91. The first-order valence-corrected chi connectivity index (χ1v) is 10.8. The maximum Gasteiger partial charge on any atom is 0.321 e. The third kappa shape index (κ3) is 4.90. The molecule has 0 unspecified atom stereocenters. The quantitative estimate of drug-likeness (QED) is 0.745. The van der Waals surface area contributed by atoms with Gasteiger partial charge in [-0.25, -0.2) is 4.79 Å². The number of likely N-dealkylation sites (tertiary alicyclic amines) is 1. The van der Waals surface area contributed by atoms with Crippen molar-refractivity contribution in [2.45, 2.75) is 26.3 Å². The van der Waals surface area contributed by atoms with Crippen LogP contribution in [0.2, 0.25) is 0 Å². The molecule has 4 rings (SSSR count). The van der Waals surface area contributed by atoms with E-state index in [1.54, 1.807) is 30.2 Å². The molecule has 32 heavy (non-hydrogen) atoms. The van der Waals surface area contributed by atoms with Gasteiger partial charge in [0.25, 0.3) is 0 Å². The van der Waals surface area contributed by atoms with Crippen molar-refractivity contribution in [1.29, 1.82) is 0 Å². The van der Waals surface area contributed by atoms with Gasteiger partial charge in [-0.05, 0) is 49.6 Å². The molecule has 2 aliphatic heterocycles. The highest BCUT2D eigenvalue weighted by Gasteiger charge is 2.39. The summed E-state index contributed by atoms with van der Waals surface area (Å²) in [5.74, 6) is 1.99. The minimum Gasteiger partial charge on any atom is -0.497 e. The topological polar surface area (TPSA) is 89.1 Å². The standard InChI is InChI=1S/C24H29N3O5/c1-24(22(28)25-15-17-5-3-6-19(13-17)30-2)9-4-10-27(16-24)23(29)26-18-7-8-20-21(14-18)32-12-11-31-20/h3,5-8,13-14H,4,9-12,15-16H2,1-2H3,(H,25,28)(H,26,29)/t24-/m1/s1. The van der Waals surface area contributed by atoms with Crippen molar-refractivity contribution in [1.82, 2.24) is 10.2 Å². The zero-order valence-corrected chi connectivity index (χ0v) is 18.5. The summed E-state index contributed by atoms with van der Waals surface area (Å²) >= 11 is 0. The first-order chi connectivity index (χ1) is 15.5. The Morgan fingerprint density at radius 2 is 1.94 bits per heavy atom. The molecule has 8 nitrogen and oxygen atoms in total. The zero-order valence-electron chi connectivity index (χ0n) is 18.5. The number of urea groups is 1. The van der Waals surface area contributed by atoms with Gasteiger partial charge in [0, 0.05) is 31.4 Å². The van der Waals surface area contributed by atoms with E-state index in [2.05, 4.69) is 10.6 Å². The number of carbonyl (C=O) groups excluding carboxylic acids is 2. The summed E-state index contributed by atoms with van der Waals surface area (Å²) in [5.41, 5.74) is 0.945. The van der Waals surface area contributed by atoms with Crippen LogP contribution in [0.5, 0.6) is 17.2 Å². The maximum atomic E-state index is 13.0. The Morgan fingerprint density at radius 1 is 1.12 bits per heavy atom. The fourth-order valence-electron chi connectivity index (χ4n) is 4.10. The second kappa shape index (κ2) is 9.38. The molecule has 0 spiro atoms. The molecule has 2 aliphatic rings. The van der Waals surface area contributed by atoms with E-state index in [9.17, 15) is 9.59 Å². The SMILES string of the molecule is COc1cccc(CNC(=O)[C@]2(C)CCCN(C(=O)Nc3ccc4c(c3)OCCO4)C2)c1. The summed E-state index contributed by atoms with van der Waals surface area (Å²) in [6.07, 6.45) is 1.49. The van der Waals surface area contributed by atoms with Gasteiger partial charge in [0.2, 0.25) is 5.91 Å². The molecule has 2 aromatic rings. The third-order valence-corrected chi connectivity index (χ3v) is 5.91. The van der Waals surface area contributed by atoms with Gasteiger partial charge in [-0.3, -0.25) is 4.79 Å². The summed E-state index contributed by atoms with van der Waals surface area (Å²) in [7, 11) is 1.62. The van der Waals surface area contributed by atoms with Gasteiger partial charge in [-0.1, -0.05) is 12.1 Å². The minimum atomic E-state index is -0.652. The van der Waals surface area contributed by atoms with Crippen LogP contribution in [0.4, 0.5) is 10.5 Å². The normalized spacial score (nSPS) is 19.8. The number of nitrogens with one attached hydrogen (secondary N) is 2. The van der Waals surface area contributed by atoms with Gasteiger partial charge >= 0.3 is 6.03 Å². The summed E-state index contributed by atoms with van der Waals surface area (Å²) in [5, 5.41) is 5.94. The van der Waals surface area contributed by atoms with Gasteiger partial charge in [0.15, 0.2) is 11.5 Å². The fraction of sp³-hybridized carbons (Fsp3) is 0.417. The van der Waals surface area contributed by atoms with Crippen molar-refractivity contribution < 1.29 is 23.8 Å². The number of fused-ring (bicyclic) bond motifs is 1. The van der Waals surface area contributed by atoms with Gasteiger partial charge in [0.1, 0.15) is 19.0 Å². The van der Waals surface area contributed by atoms with E-state index in [1.165, 1.54) is 0 Å². The van der Waals surface area contributed by atoms with E-state index in [-0.39, 0.29) is 11.9 Å². The van der Waals surface area contributed by atoms with E-state index in [1.807, 2.05) is 31.2 Å². The van der Waals surface area contributed by atoms with Gasteiger partial charge < -0.3 is 29.7 Å². The molecule has 1 fully saturated rings. The number of hydrogen-bond acceptors (Lipinski definition) is 5. The van der Waals surface area contributed by atoms with Crippen molar-refractivity contribution in [3.8, 4) is 17.2 Å². The van der Waals surface area contributed by atoms with Crippen LogP contribution < -0.4 is 24.8 Å². The lowest BCUT2D eigenvalue weighted by Crippen LogP contribution is -2.52. The summed E-state index contributed by atoms with van der Waals surface area (Å²) < 4.78 is 16.3. The van der Waals surface area contributed by atoms with Gasteiger partial charge in [-0.2, -0.15) is 0 Å². The molecule has 3 amide bonds. The number of benzene rings is 2. The second-order valence-electron chi connectivity index (χ2n) is 8.41. The van der Waals surface area contributed by atoms with Crippen LogP contribution in [0.1, 0.15) is 25.3 Å². The first kappa shape index (κ1) is 21.8. The van der Waals surface area contributed by atoms with Crippen LogP contribution in [0.15, 0.2) is 42.5 Å². The fourth-order valence-corrected chi connectivity index (χ4v) is 4.10. The molecule has 0 bridgehead atoms. The Labute approximate surface area is 187 Å². The average molecular weight is 440 g/mol. The molecule has 2 N–H and O–H groups in total. The van der Waals surface area contributed by atoms with Crippen LogP contribution in [0.3, 0.4) is 0 Å². The molecule has 0 aromatic heterocycles. The van der Waals surface area contributed by atoms with Crippen molar-refractivity contribution in [2.75, 3.05) is 38.7 Å². The number of carbonyl (C=O) groups is 2. The molecule has 1 atom stereocenters. The van der Waals surface area contributed by atoms with E-state index in [0.717, 1.165) is 24.2 Å². The lowest BCUT2D eigenvalue weighted by Gasteiger charge is -2.39. The number of piperidine rings is 1. The Morgan fingerprint density at radius 3 is 2.75 bits per heavy atom. The van der Waals surface area contributed by atoms with Crippen LogP contribution in [0, 0.1) is 5.41 Å². The average Bonchev–Trinajstić information content (AvgIpc) is 2.82. The Hall–Kier alpha value is -3.42. The number of nitrogens with zero attached hydrogens (tertiary/aromatic N) is 1. The molecular weight excluding hydrogens is 410 g/mol. The second-order valence-corrected chi connectivity index (χ2v) is 8.41. The molecule has 8 heteroatoms. The summed E-state index contributed by atoms with van der Waals surface area (Å²) in [6.45, 7) is 4.29. The molecule has 0 radical (unpaired) electrons. The molecule has 1 saturated heterocycles. The predicted molar refractivity (Wildman–Crippen MR) is 120 cm³/mol. The van der Waals surface area contributed by atoms with E-state index in [0.29, 0.717) is 50.0 Å². The number of methoxy groups -OCH3 is 1. The van der Waals surface area contributed by atoms with Crippen LogP contribution in [-0.4, -0.2) is 50.3 Å². The number of hydrogen-bond donors (Lipinski definition) is 2. The van der Waals surface area contributed by atoms with Crippen molar-refractivity contribution >= 4 is 17.6 Å². The van der Waals surface area contributed by atoms with E-state index in [4.69, 9.17) is 14.2 Å². The smallest absolute Gasteiger partial charge is 0.321 e. The molecular formula is C24H29N3O5. The number of rotatable bonds is 5.